The van der Waals surface area contributed by atoms with E-state index in [-0.39, 0.29) is 0 Å². The molecule has 0 spiro atoms. The van der Waals surface area contributed by atoms with Crippen LogP contribution >= 0.6 is 11.6 Å². The average molecular weight is 339 g/mol. The maximum absolute atomic E-state index is 14.1. The molecule has 0 saturated carbocycles. The Morgan fingerprint density at radius 2 is 1.73 bits per heavy atom. The van der Waals surface area contributed by atoms with Crippen molar-refractivity contribution in [1.29, 1.82) is 0 Å². The van der Waals surface area contributed by atoms with Crippen LogP contribution in [0.4, 0.5) is 8.78 Å². The van der Waals surface area contributed by atoms with Crippen LogP contribution in [0.5, 0.6) is 0 Å². The Balaban J connectivity index is 0.00000211. The zero-order chi connectivity index (χ0) is 17.9. The van der Waals surface area contributed by atoms with Gasteiger partial charge in [0.1, 0.15) is 5.69 Å². The molecule has 1 amide bonds. The average Bonchev–Trinajstić information content (AvgIpc) is 2.65. The van der Waals surface area contributed by atoms with Crippen LogP contribution in [-0.2, 0) is 17.8 Å². The SMILES string of the molecule is CC.Cn1cc(C(F)(F)C(=O)NC(C)(C)C)c(Cl)c1C(=O)O. The van der Waals surface area contributed by atoms with E-state index in [0.717, 1.165) is 10.8 Å². The fourth-order valence-electron chi connectivity index (χ4n) is 1.60. The normalized spacial score (nSPS) is 11.5. The van der Waals surface area contributed by atoms with Crippen LogP contribution in [0.25, 0.3) is 0 Å². The molecular weight excluding hydrogens is 318 g/mol. The van der Waals surface area contributed by atoms with E-state index >= 15 is 0 Å². The lowest BCUT2D eigenvalue weighted by Crippen LogP contribution is -2.47. The topological polar surface area (TPSA) is 71.3 Å². The quantitative estimate of drug-likeness (QED) is 0.887. The molecule has 8 heteroatoms. The highest BCUT2D eigenvalue weighted by Gasteiger charge is 2.46. The number of carboxylic acid groups (broad SMARTS) is 1. The summed E-state index contributed by atoms with van der Waals surface area (Å²) >= 11 is 5.66. The van der Waals surface area contributed by atoms with Crippen molar-refractivity contribution < 1.29 is 23.5 Å². The molecule has 0 aromatic carbocycles. The number of hydrogen-bond acceptors (Lipinski definition) is 2. The summed E-state index contributed by atoms with van der Waals surface area (Å²) in [6, 6.07) is 0. The third kappa shape index (κ3) is 4.43. The molecule has 22 heavy (non-hydrogen) atoms. The van der Waals surface area contributed by atoms with E-state index in [2.05, 4.69) is 5.32 Å². The van der Waals surface area contributed by atoms with Crippen LogP contribution in [0.15, 0.2) is 6.20 Å². The van der Waals surface area contributed by atoms with E-state index in [1.807, 2.05) is 13.8 Å². The van der Waals surface area contributed by atoms with Gasteiger partial charge >= 0.3 is 11.9 Å². The Morgan fingerprint density at radius 3 is 2.05 bits per heavy atom. The Kier molecular flexibility index (Phi) is 6.56. The molecule has 1 aromatic heterocycles. The van der Waals surface area contributed by atoms with Crippen LogP contribution in [0.1, 0.15) is 50.7 Å². The van der Waals surface area contributed by atoms with Gasteiger partial charge in [0.25, 0.3) is 5.91 Å². The molecule has 0 aliphatic heterocycles. The van der Waals surface area contributed by atoms with Gasteiger partial charge in [0.05, 0.1) is 10.6 Å². The van der Waals surface area contributed by atoms with Crippen molar-refractivity contribution in [2.45, 2.75) is 46.1 Å². The van der Waals surface area contributed by atoms with Gasteiger partial charge in [-0.1, -0.05) is 25.4 Å². The van der Waals surface area contributed by atoms with E-state index in [0.29, 0.717) is 0 Å². The molecule has 0 saturated heterocycles. The van der Waals surface area contributed by atoms with E-state index in [1.165, 1.54) is 7.05 Å². The molecule has 1 aromatic rings. The summed E-state index contributed by atoms with van der Waals surface area (Å²) in [5.74, 6) is -6.90. The Morgan fingerprint density at radius 1 is 1.27 bits per heavy atom. The summed E-state index contributed by atoms with van der Waals surface area (Å²) in [6.45, 7) is 8.66. The van der Waals surface area contributed by atoms with E-state index in [4.69, 9.17) is 16.7 Å². The van der Waals surface area contributed by atoms with Crippen molar-refractivity contribution in [3.05, 3.63) is 22.5 Å². The molecule has 2 N–H and O–H groups in total. The summed E-state index contributed by atoms with van der Waals surface area (Å²) in [6.07, 6.45) is 0.841. The molecule has 0 atom stereocenters. The standard InChI is InChI=1S/C12H15ClF2N2O3.C2H6/c1-11(2,3)16-10(20)12(14,15)6-5-17(4)8(7(6)13)9(18)19;1-2/h5H,1-4H3,(H,16,20)(H,18,19);1-2H3. The van der Waals surface area contributed by atoms with E-state index in [1.54, 1.807) is 20.8 Å². The van der Waals surface area contributed by atoms with Gasteiger partial charge in [-0.15, -0.1) is 0 Å². The number of nitrogens with zero attached hydrogens (tertiary/aromatic N) is 1. The predicted octanol–water partition coefficient (Wildman–Crippen LogP) is 3.41. The Hall–Kier alpha value is -1.63. The van der Waals surface area contributed by atoms with Crippen LogP contribution in [-0.4, -0.2) is 27.1 Å². The highest BCUT2D eigenvalue weighted by molar-refractivity contribution is 6.34. The molecule has 0 aliphatic rings. The molecule has 126 valence electrons. The Labute approximate surface area is 133 Å². The van der Waals surface area contributed by atoms with Crippen LogP contribution in [0, 0.1) is 0 Å². The molecule has 0 unspecified atom stereocenters. The number of rotatable bonds is 3. The second kappa shape index (κ2) is 7.09. The first-order valence-electron chi connectivity index (χ1n) is 6.67. The van der Waals surface area contributed by atoms with E-state index < -0.39 is 39.6 Å². The third-order valence-electron chi connectivity index (χ3n) is 2.43. The number of aromatic nitrogens is 1. The number of amides is 1. The fourth-order valence-corrected chi connectivity index (χ4v) is 1.98. The molecule has 0 radical (unpaired) electrons. The molecule has 1 rings (SSSR count). The predicted molar refractivity (Wildman–Crippen MR) is 80.5 cm³/mol. The summed E-state index contributed by atoms with van der Waals surface area (Å²) < 4.78 is 29.1. The Bertz CT molecular complexity index is 563. The lowest BCUT2D eigenvalue weighted by Gasteiger charge is -2.24. The van der Waals surface area contributed by atoms with Crippen molar-refractivity contribution in [2.24, 2.45) is 7.05 Å². The van der Waals surface area contributed by atoms with Crippen LogP contribution in [0.3, 0.4) is 0 Å². The first-order chi connectivity index (χ1) is 9.88. The molecule has 0 bridgehead atoms. The summed E-state index contributed by atoms with van der Waals surface area (Å²) in [7, 11) is 1.26. The summed E-state index contributed by atoms with van der Waals surface area (Å²) in [5.41, 5.74) is -2.18. The van der Waals surface area contributed by atoms with Gasteiger partial charge in [-0.2, -0.15) is 8.78 Å². The smallest absolute Gasteiger partial charge is 0.354 e. The lowest BCUT2D eigenvalue weighted by molar-refractivity contribution is -0.148. The molecule has 1 heterocycles. The maximum atomic E-state index is 14.1. The van der Waals surface area contributed by atoms with Crippen molar-refractivity contribution in [2.75, 3.05) is 0 Å². The minimum Gasteiger partial charge on any atom is -0.477 e. The van der Waals surface area contributed by atoms with Gasteiger partial charge in [0.2, 0.25) is 0 Å². The number of carbonyl (C=O) groups is 2. The highest BCUT2D eigenvalue weighted by Crippen LogP contribution is 2.37. The van der Waals surface area contributed by atoms with Crippen molar-refractivity contribution in [3.63, 3.8) is 0 Å². The summed E-state index contributed by atoms with van der Waals surface area (Å²) in [5, 5.41) is 10.4. The number of halogens is 3. The monoisotopic (exact) mass is 338 g/mol. The number of carbonyl (C=O) groups excluding carboxylic acids is 1. The van der Waals surface area contributed by atoms with Crippen LogP contribution in [0.2, 0.25) is 5.02 Å². The van der Waals surface area contributed by atoms with Crippen molar-refractivity contribution >= 4 is 23.5 Å². The molecule has 0 fully saturated rings. The first-order valence-corrected chi connectivity index (χ1v) is 7.04. The fraction of sp³-hybridized carbons (Fsp3) is 0.571. The molecular formula is C14H21ClF2N2O3. The highest BCUT2D eigenvalue weighted by atomic mass is 35.5. The van der Waals surface area contributed by atoms with Crippen LogP contribution < -0.4 is 5.32 Å². The van der Waals surface area contributed by atoms with Gasteiger partial charge in [0.15, 0.2) is 0 Å². The number of hydrogen-bond donors (Lipinski definition) is 2. The lowest BCUT2D eigenvalue weighted by atomic mass is 10.1. The van der Waals surface area contributed by atoms with E-state index in [9.17, 15) is 18.4 Å². The minimum absolute atomic E-state index is 0.495. The third-order valence-corrected chi connectivity index (χ3v) is 2.82. The van der Waals surface area contributed by atoms with Gasteiger partial charge in [0, 0.05) is 18.8 Å². The number of nitrogens with one attached hydrogen (secondary N) is 1. The number of aryl methyl sites for hydroxylation is 1. The largest absolute Gasteiger partial charge is 0.477 e. The van der Waals surface area contributed by atoms with Gasteiger partial charge in [-0.25, -0.2) is 4.79 Å². The molecule has 5 nitrogen and oxygen atoms in total. The second-order valence-corrected chi connectivity index (χ2v) is 5.78. The van der Waals surface area contributed by atoms with Crippen molar-refractivity contribution in [1.82, 2.24) is 9.88 Å². The molecule has 0 aliphatic carbocycles. The zero-order valence-corrected chi connectivity index (χ0v) is 14.2. The van der Waals surface area contributed by atoms with Crippen molar-refractivity contribution in [3.8, 4) is 0 Å². The van der Waals surface area contributed by atoms with Gasteiger partial charge in [-0.3, -0.25) is 4.79 Å². The maximum Gasteiger partial charge on any atom is 0.354 e. The zero-order valence-electron chi connectivity index (χ0n) is 13.4. The summed E-state index contributed by atoms with van der Waals surface area (Å²) in [4.78, 5) is 22.6. The number of aromatic carboxylic acids is 1. The van der Waals surface area contributed by atoms with Gasteiger partial charge in [-0.05, 0) is 20.8 Å². The second-order valence-electron chi connectivity index (χ2n) is 5.40. The first kappa shape index (κ1) is 20.4. The minimum atomic E-state index is -3.92. The van der Waals surface area contributed by atoms with Gasteiger partial charge < -0.3 is 15.0 Å². The number of carboxylic acids is 1. The number of alkyl halides is 2.